The minimum absolute atomic E-state index is 0.121. The first-order chi connectivity index (χ1) is 16.9. The van der Waals surface area contributed by atoms with E-state index in [2.05, 4.69) is 10.6 Å². The van der Waals surface area contributed by atoms with Crippen LogP contribution in [0.1, 0.15) is 65.4 Å². The van der Waals surface area contributed by atoms with E-state index in [0.717, 1.165) is 31.2 Å². The van der Waals surface area contributed by atoms with E-state index < -0.39 is 34.6 Å². The molecule has 1 spiro atoms. The van der Waals surface area contributed by atoms with Crippen molar-refractivity contribution in [2.45, 2.75) is 95.2 Å². The molecule has 5 atom stereocenters. The number of rotatable bonds is 5. The van der Waals surface area contributed by atoms with Gasteiger partial charge < -0.3 is 20.3 Å². The number of benzene rings is 1. The summed E-state index contributed by atoms with van der Waals surface area (Å²) in [5.41, 5.74) is -1.78. The average Bonchev–Trinajstić information content (AvgIpc) is 3.36. The molecule has 3 aliphatic heterocycles. The van der Waals surface area contributed by atoms with E-state index in [0.29, 0.717) is 5.02 Å². The Bertz CT molecular complexity index is 1090. The molecule has 0 aromatic heterocycles. The Morgan fingerprint density at radius 1 is 1.08 bits per heavy atom. The summed E-state index contributed by atoms with van der Waals surface area (Å²) in [5.74, 6) is -2.13. The van der Waals surface area contributed by atoms with Crippen LogP contribution < -0.4 is 10.6 Å². The van der Waals surface area contributed by atoms with Gasteiger partial charge >= 0.3 is 0 Å². The highest BCUT2D eigenvalue weighted by atomic mass is 35.5. The minimum Gasteiger partial charge on any atom is -0.356 e. The molecule has 1 aliphatic carbocycles. The Morgan fingerprint density at radius 2 is 1.75 bits per heavy atom. The molecule has 3 amide bonds. The van der Waals surface area contributed by atoms with Crippen molar-refractivity contribution in [3.8, 4) is 0 Å². The van der Waals surface area contributed by atoms with Crippen LogP contribution in [0.3, 0.4) is 0 Å². The fraction of sp³-hybridized carbons (Fsp3) is 0.607. The SMILES string of the molecule is CC(C)(C)NC(=O)[C@@H]1N(Cc2ccc(Cl)cc2)C(=O)[C@H]2[C@@H](C(=O)NC3CCCCC3)[C@@]3(C)C=C[C@@]12O3. The first-order valence-corrected chi connectivity index (χ1v) is 13.4. The van der Waals surface area contributed by atoms with Gasteiger partial charge in [0.1, 0.15) is 11.6 Å². The van der Waals surface area contributed by atoms with Crippen LogP contribution in [0.4, 0.5) is 0 Å². The maximum absolute atomic E-state index is 14.1. The molecule has 4 aliphatic rings. The smallest absolute Gasteiger partial charge is 0.246 e. The number of nitrogens with one attached hydrogen (secondary N) is 2. The summed E-state index contributed by atoms with van der Waals surface area (Å²) in [6, 6.07) is 6.46. The van der Waals surface area contributed by atoms with E-state index in [4.69, 9.17) is 16.3 Å². The predicted octanol–water partition coefficient (Wildman–Crippen LogP) is 3.74. The lowest BCUT2D eigenvalue weighted by Gasteiger charge is -2.35. The molecule has 8 heteroatoms. The van der Waals surface area contributed by atoms with Gasteiger partial charge in [0, 0.05) is 23.1 Å². The van der Waals surface area contributed by atoms with Gasteiger partial charge in [0.15, 0.2) is 0 Å². The average molecular weight is 514 g/mol. The quantitative estimate of drug-likeness (QED) is 0.587. The van der Waals surface area contributed by atoms with E-state index in [1.807, 2.05) is 52.0 Å². The second-order valence-electron chi connectivity index (χ2n) is 12.0. The van der Waals surface area contributed by atoms with E-state index in [1.54, 1.807) is 17.0 Å². The number of halogens is 1. The fourth-order valence-electron chi connectivity index (χ4n) is 6.56. The van der Waals surface area contributed by atoms with Crippen molar-refractivity contribution in [2.24, 2.45) is 11.8 Å². The lowest BCUT2D eigenvalue weighted by Crippen LogP contribution is -2.57. The van der Waals surface area contributed by atoms with Gasteiger partial charge in [-0.3, -0.25) is 14.4 Å². The van der Waals surface area contributed by atoms with Crippen LogP contribution >= 0.6 is 11.6 Å². The molecule has 0 unspecified atom stereocenters. The van der Waals surface area contributed by atoms with Crippen molar-refractivity contribution < 1.29 is 19.1 Å². The Morgan fingerprint density at radius 3 is 2.39 bits per heavy atom. The Balaban J connectivity index is 1.51. The third-order valence-corrected chi connectivity index (χ3v) is 8.30. The molecule has 1 aromatic rings. The van der Waals surface area contributed by atoms with Crippen LogP contribution in [0.25, 0.3) is 0 Å². The van der Waals surface area contributed by atoms with Crippen molar-refractivity contribution in [3.63, 3.8) is 0 Å². The zero-order valence-electron chi connectivity index (χ0n) is 21.5. The number of hydrogen-bond acceptors (Lipinski definition) is 4. The van der Waals surface area contributed by atoms with Gasteiger partial charge in [0.2, 0.25) is 17.7 Å². The van der Waals surface area contributed by atoms with Crippen molar-refractivity contribution in [1.29, 1.82) is 0 Å². The number of nitrogens with zero attached hydrogens (tertiary/aromatic N) is 1. The molecule has 2 bridgehead atoms. The number of fused-ring (bicyclic) bond motifs is 1. The molecule has 194 valence electrons. The lowest BCUT2D eigenvalue weighted by atomic mass is 9.70. The topological polar surface area (TPSA) is 87.7 Å². The van der Waals surface area contributed by atoms with Gasteiger partial charge in [-0.05, 0) is 58.2 Å². The second kappa shape index (κ2) is 8.88. The van der Waals surface area contributed by atoms with E-state index >= 15 is 0 Å². The Labute approximate surface area is 218 Å². The monoisotopic (exact) mass is 513 g/mol. The summed E-state index contributed by atoms with van der Waals surface area (Å²) in [5, 5.41) is 6.86. The van der Waals surface area contributed by atoms with Crippen LogP contribution in [0.5, 0.6) is 0 Å². The van der Waals surface area contributed by atoms with Crippen molar-refractivity contribution in [1.82, 2.24) is 15.5 Å². The summed E-state index contributed by atoms with van der Waals surface area (Å²) < 4.78 is 6.58. The maximum Gasteiger partial charge on any atom is 0.246 e. The number of likely N-dealkylation sites (tertiary alicyclic amines) is 1. The lowest BCUT2D eigenvalue weighted by molar-refractivity contribution is -0.146. The molecule has 3 fully saturated rings. The molecular weight excluding hydrogens is 478 g/mol. The number of hydrogen-bond donors (Lipinski definition) is 2. The first-order valence-electron chi connectivity index (χ1n) is 13.0. The number of carbonyl (C=O) groups excluding carboxylic acids is 3. The predicted molar refractivity (Wildman–Crippen MR) is 137 cm³/mol. The number of carbonyl (C=O) groups is 3. The largest absolute Gasteiger partial charge is 0.356 e. The molecule has 5 rings (SSSR count). The maximum atomic E-state index is 14.1. The third kappa shape index (κ3) is 4.24. The van der Waals surface area contributed by atoms with Gasteiger partial charge in [0.05, 0.1) is 17.4 Å². The van der Waals surface area contributed by atoms with Crippen LogP contribution in [-0.4, -0.2) is 51.4 Å². The first kappa shape index (κ1) is 25.3. The highest BCUT2D eigenvalue weighted by Gasteiger charge is 2.76. The molecular formula is C28H36ClN3O4. The van der Waals surface area contributed by atoms with Crippen LogP contribution in [0.15, 0.2) is 36.4 Å². The van der Waals surface area contributed by atoms with Gasteiger partial charge in [-0.2, -0.15) is 0 Å². The molecule has 7 nitrogen and oxygen atoms in total. The molecule has 1 aromatic carbocycles. The summed E-state index contributed by atoms with van der Waals surface area (Å²) in [6.45, 7) is 7.80. The standard InChI is InChI=1S/C28H36ClN3O4/c1-26(2,3)31-24(34)22-28-15-14-27(4,36-28)20(23(33)30-19-8-6-5-7-9-19)21(28)25(35)32(22)16-17-10-12-18(29)13-11-17/h10-15,19-22H,5-9,16H2,1-4H3,(H,30,33)(H,31,34)/t20-,21+,22-,27+,28-/m0/s1. The van der Waals surface area contributed by atoms with Gasteiger partial charge in [-0.1, -0.05) is 55.1 Å². The fourth-order valence-corrected chi connectivity index (χ4v) is 6.69. The highest BCUT2D eigenvalue weighted by Crippen LogP contribution is 2.60. The van der Waals surface area contributed by atoms with E-state index in [-0.39, 0.29) is 30.3 Å². The van der Waals surface area contributed by atoms with E-state index in [9.17, 15) is 14.4 Å². The minimum atomic E-state index is -1.19. The van der Waals surface area contributed by atoms with Crippen molar-refractivity contribution in [2.75, 3.05) is 0 Å². The van der Waals surface area contributed by atoms with Gasteiger partial charge in [0.25, 0.3) is 0 Å². The summed E-state index contributed by atoms with van der Waals surface area (Å²) in [7, 11) is 0. The molecule has 2 saturated heterocycles. The normalized spacial score (nSPS) is 33.6. The zero-order chi connectivity index (χ0) is 25.9. The van der Waals surface area contributed by atoms with Crippen LogP contribution in [0.2, 0.25) is 5.02 Å². The van der Waals surface area contributed by atoms with Crippen LogP contribution in [0, 0.1) is 11.8 Å². The Kier molecular flexibility index (Phi) is 6.23. The summed E-state index contributed by atoms with van der Waals surface area (Å²) in [6.07, 6.45) is 9.02. The summed E-state index contributed by atoms with van der Waals surface area (Å²) in [4.78, 5) is 43.1. The number of amides is 3. The molecule has 36 heavy (non-hydrogen) atoms. The molecule has 1 saturated carbocycles. The Hall–Kier alpha value is -2.38. The van der Waals surface area contributed by atoms with Crippen molar-refractivity contribution in [3.05, 3.63) is 47.0 Å². The van der Waals surface area contributed by atoms with E-state index in [1.165, 1.54) is 6.42 Å². The van der Waals surface area contributed by atoms with Crippen LogP contribution in [-0.2, 0) is 25.7 Å². The van der Waals surface area contributed by atoms with Gasteiger partial charge in [-0.25, -0.2) is 0 Å². The third-order valence-electron chi connectivity index (χ3n) is 8.04. The molecule has 2 N–H and O–H groups in total. The number of ether oxygens (including phenoxy) is 1. The second-order valence-corrected chi connectivity index (χ2v) is 12.4. The molecule has 0 radical (unpaired) electrons. The molecule has 3 heterocycles. The van der Waals surface area contributed by atoms with Crippen molar-refractivity contribution >= 4 is 29.3 Å². The zero-order valence-corrected chi connectivity index (χ0v) is 22.2. The van der Waals surface area contributed by atoms with Gasteiger partial charge in [-0.15, -0.1) is 0 Å². The highest BCUT2D eigenvalue weighted by molar-refractivity contribution is 6.30. The summed E-state index contributed by atoms with van der Waals surface area (Å²) >= 11 is 6.07.